The average molecular weight is 565 g/mol. The predicted molar refractivity (Wildman–Crippen MR) is 146 cm³/mol. The summed E-state index contributed by atoms with van der Waals surface area (Å²) in [6, 6.07) is 10.4. The van der Waals surface area contributed by atoms with Gasteiger partial charge in [0.25, 0.3) is 0 Å². The van der Waals surface area contributed by atoms with E-state index < -0.39 is 27.5 Å². The summed E-state index contributed by atoms with van der Waals surface area (Å²) < 4.78 is 23.9. The van der Waals surface area contributed by atoms with E-state index in [-0.39, 0.29) is 11.8 Å². The van der Waals surface area contributed by atoms with Crippen LogP contribution < -0.4 is 10.6 Å². The Bertz CT molecular complexity index is 1170. The van der Waals surface area contributed by atoms with Gasteiger partial charge < -0.3 is 30.2 Å². The number of benzene rings is 2. The highest BCUT2D eigenvalue weighted by atomic mass is 31.2. The van der Waals surface area contributed by atoms with Crippen LogP contribution in [0.3, 0.4) is 0 Å². The Balaban J connectivity index is 2.38. The van der Waals surface area contributed by atoms with Gasteiger partial charge in [-0.25, -0.2) is 0 Å². The maximum absolute atomic E-state index is 11.9. The summed E-state index contributed by atoms with van der Waals surface area (Å²) in [6.45, 7) is 7.60. The van der Waals surface area contributed by atoms with Gasteiger partial charge in [-0.15, -0.1) is 0 Å². The summed E-state index contributed by atoms with van der Waals surface area (Å²) in [7, 11) is -8.92. The molecule has 0 atom stereocenters. The Kier molecular flexibility index (Phi) is 11.9. The Morgan fingerprint density at radius 1 is 0.711 bits per heavy atom. The highest BCUT2D eigenvalue weighted by Gasteiger charge is 2.22. The molecular weight excluding hydrogens is 530 g/mol. The number of aryl methyl sites for hydroxylation is 2. The van der Waals surface area contributed by atoms with E-state index in [1.807, 2.05) is 0 Å². The van der Waals surface area contributed by atoms with E-state index in [1.54, 1.807) is 36.4 Å². The van der Waals surface area contributed by atoms with Crippen LogP contribution in [0, 0.1) is 0 Å². The van der Waals surface area contributed by atoms with Gasteiger partial charge in [0.05, 0.1) is 12.3 Å². The van der Waals surface area contributed by atoms with Gasteiger partial charge in [-0.05, 0) is 71.2 Å². The van der Waals surface area contributed by atoms with Crippen molar-refractivity contribution in [2.75, 3.05) is 13.1 Å². The first-order valence-electron chi connectivity index (χ1n) is 11.9. The average Bonchev–Trinajstić information content (AvgIpc) is 2.82. The quantitative estimate of drug-likeness (QED) is 0.109. The monoisotopic (exact) mass is 564 g/mol. The van der Waals surface area contributed by atoms with Crippen molar-refractivity contribution >= 4 is 27.0 Å². The van der Waals surface area contributed by atoms with Crippen molar-refractivity contribution in [3.05, 3.63) is 84.0 Å². The largest absolute Gasteiger partial charge is 0.353 e. The molecule has 0 radical (unpaired) electrons. The van der Waals surface area contributed by atoms with Crippen molar-refractivity contribution in [3.8, 4) is 11.1 Å². The maximum atomic E-state index is 11.9. The summed E-state index contributed by atoms with van der Waals surface area (Å²) in [5, 5.41) is 5.35. The van der Waals surface area contributed by atoms with Crippen molar-refractivity contribution < 1.29 is 38.3 Å². The minimum atomic E-state index is -4.46. The van der Waals surface area contributed by atoms with Crippen molar-refractivity contribution in [1.82, 2.24) is 10.6 Å². The molecular formula is C26H34N2O8P2. The van der Waals surface area contributed by atoms with E-state index in [4.69, 9.17) is 0 Å². The van der Waals surface area contributed by atoms with Crippen LogP contribution in [0.1, 0.15) is 35.1 Å². The molecule has 0 aliphatic rings. The summed E-state index contributed by atoms with van der Waals surface area (Å²) in [5.41, 5.74) is 3.28. The molecule has 0 fully saturated rings. The summed E-state index contributed by atoms with van der Waals surface area (Å²) in [4.78, 5) is 61.5. The molecule has 2 rings (SSSR count). The summed E-state index contributed by atoms with van der Waals surface area (Å²) >= 11 is 0. The molecule has 10 nitrogen and oxygen atoms in total. The molecule has 0 bridgehead atoms. The standard InChI is InChI=1S/C26H34N2O8P2/c1-3-25(29)27-13-5-7-19-9-11-23(21(15-19)17-37(31,32)33)24-12-10-20(8-6-14-28-26(30)4-2)16-22(24)18-38(34,35)36/h3-4,9-12,15-16H,1-2,5-8,13-14,17-18H2,(H,27,29)(H,28,30)(H2,31,32,33)(H2,34,35,36). The second kappa shape index (κ2) is 14.4. The summed E-state index contributed by atoms with van der Waals surface area (Å²) in [6.07, 6.45) is 3.56. The Labute approximate surface area is 222 Å². The number of carbonyl (C=O) groups is 2. The van der Waals surface area contributed by atoms with Gasteiger partial charge in [0.15, 0.2) is 0 Å². The molecule has 0 saturated heterocycles. The van der Waals surface area contributed by atoms with Crippen LogP contribution in [0.2, 0.25) is 0 Å². The first kappa shape index (κ1) is 31.4. The Morgan fingerprint density at radius 3 is 1.39 bits per heavy atom. The second-order valence-electron chi connectivity index (χ2n) is 8.83. The maximum Gasteiger partial charge on any atom is 0.329 e. The lowest BCUT2D eigenvalue weighted by Gasteiger charge is -2.18. The van der Waals surface area contributed by atoms with Crippen molar-refractivity contribution in [3.63, 3.8) is 0 Å². The van der Waals surface area contributed by atoms with Crippen molar-refractivity contribution in [2.24, 2.45) is 0 Å². The highest BCUT2D eigenvalue weighted by Crippen LogP contribution is 2.45. The molecule has 0 spiro atoms. The smallest absolute Gasteiger partial charge is 0.329 e. The van der Waals surface area contributed by atoms with Gasteiger partial charge >= 0.3 is 15.2 Å². The molecule has 206 valence electrons. The van der Waals surface area contributed by atoms with Crippen LogP contribution in [0.15, 0.2) is 61.7 Å². The number of rotatable bonds is 15. The topological polar surface area (TPSA) is 173 Å². The van der Waals surface area contributed by atoms with Crippen LogP contribution in [-0.4, -0.2) is 44.5 Å². The molecule has 0 aliphatic carbocycles. The molecule has 2 aromatic carbocycles. The molecule has 0 unspecified atom stereocenters. The van der Waals surface area contributed by atoms with Gasteiger partial charge in [-0.3, -0.25) is 18.7 Å². The first-order chi connectivity index (χ1) is 17.8. The van der Waals surface area contributed by atoms with Crippen molar-refractivity contribution in [1.29, 1.82) is 0 Å². The van der Waals surface area contributed by atoms with E-state index in [9.17, 15) is 38.3 Å². The van der Waals surface area contributed by atoms with E-state index in [2.05, 4.69) is 23.8 Å². The summed E-state index contributed by atoms with van der Waals surface area (Å²) in [5.74, 6) is -0.574. The third-order valence-corrected chi connectivity index (χ3v) is 7.14. The second-order valence-corrected chi connectivity index (χ2v) is 12.1. The zero-order valence-electron chi connectivity index (χ0n) is 21.0. The minimum Gasteiger partial charge on any atom is -0.353 e. The van der Waals surface area contributed by atoms with Gasteiger partial charge in [0, 0.05) is 13.1 Å². The Morgan fingerprint density at radius 2 is 1.08 bits per heavy atom. The van der Waals surface area contributed by atoms with Gasteiger partial charge in [-0.1, -0.05) is 49.6 Å². The van der Waals surface area contributed by atoms with Crippen LogP contribution in [-0.2, 0) is 43.9 Å². The molecule has 38 heavy (non-hydrogen) atoms. The lowest BCUT2D eigenvalue weighted by molar-refractivity contribution is -0.117. The normalized spacial score (nSPS) is 11.6. The van der Waals surface area contributed by atoms with Crippen LogP contribution in [0.25, 0.3) is 11.1 Å². The SMILES string of the molecule is C=CC(=O)NCCCc1ccc(-c2ccc(CCCNC(=O)C=C)cc2CP(=O)(O)O)c(CP(=O)(O)O)c1. The van der Waals surface area contributed by atoms with Crippen molar-refractivity contribution in [2.45, 2.75) is 38.0 Å². The van der Waals surface area contributed by atoms with Crippen LogP contribution in [0.5, 0.6) is 0 Å². The molecule has 12 heteroatoms. The third kappa shape index (κ3) is 11.3. The molecule has 0 aliphatic heterocycles. The molecule has 2 amide bonds. The van der Waals surface area contributed by atoms with Crippen LogP contribution in [0.4, 0.5) is 0 Å². The number of hydrogen-bond donors (Lipinski definition) is 6. The van der Waals surface area contributed by atoms with Gasteiger partial charge in [0.1, 0.15) is 0 Å². The fourth-order valence-corrected chi connectivity index (χ4v) is 5.40. The Hall–Kier alpha value is -2.84. The molecule has 0 saturated carbocycles. The molecule has 0 heterocycles. The number of carbonyl (C=O) groups excluding carboxylic acids is 2. The zero-order valence-corrected chi connectivity index (χ0v) is 22.8. The fraction of sp³-hybridized carbons (Fsp3) is 0.308. The number of nitrogens with one attached hydrogen (secondary N) is 2. The van der Waals surface area contributed by atoms with E-state index in [1.165, 1.54) is 12.2 Å². The molecule has 6 N–H and O–H groups in total. The number of amides is 2. The lowest BCUT2D eigenvalue weighted by Crippen LogP contribution is -2.22. The molecule has 2 aromatic rings. The van der Waals surface area contributed by atoms with E-state index in [0.717, 1.165) is 11.1 Å². The lowest BCUT2D eigenvalue weighted by atomic mass is 9.92. The van der Waals surface area contributed by atoms with E-state index >= 15 is 0 Å². The fourth-order valence-electron chi connectivity index (χ4n) is 3.99. The first-order valence-corrected chi connectivity index (χ1v) is 15.5. The van der Waals surface area contributed by atoms with Crippen LogP contribution >= 0.6 is 15.2 Å². The molecule has 0 aromatic heterocycles. The van der Waals surface area contributed by atoms with E-state index in [0.29, 0.717) is 61.0 Å². The van der Waals surface area contributed by atoms with Gasteiger partial charge in [0.2, 0.25) is 11.8 Å². The number of hydrogen-bond acceptors (Lipinski definition) is 4. The zero-order chi connectivity index (χ0) is 28.3. The highest BCUT2D eigenvalue weighted by molar-refractivity contribution is 7.51. The third-order valence-electron chi connectivity index (χ3n) is 5.64. The predicted octanol–water partition coefficient (Wildman–Crippen LogP) is 3.18. The minimum absolute atomic E-state index is 0.287. The van der Waals surface area contributed by atoms with Gasteiger partial charge in [-0.2, -0.15) is 0 Å².